The van der Waals surface area contributed by atoms with Crippen molar-refractivity contribution < 1.29 is 19.1 Å². The molecular formula is C21H17Cl2N5O4. The van der Waals surface area contributed by atoms with Crippen molar-refractivity contribution in [1.82, 2.24) is 20.2 Å². The monoisotopic (exact) mass is 473 g/mol. The first kappa shape index (κ1) is 21.8. The number of nitrogens with zero attached hydrogens (tertiary/aromatic N) is 4. The third-order valence-electron chi connectivity index (χ3n) is 4.84. The maximum Gasteiger partial charge on any atom is 0.355 e. The molecule has 0 radical (unpaired) electrons. The number of aromatic nitrogens is 4. The summed E-state index contributed by atoms with van der Waals surface area (Å²) in [7, 11) is 1.22. The lowest BCUT2D eigenvalue weighted by molar-refractivity contribution is -0.136. The minimum Gasteiger partial charge on any atom is -0.494 e. The van der Waals surface area contributed by atoms with Crippen LogP contribution in [0.2, 0.25) is 10.0 Å². The molecule has 3 aromatic rings. The molecule has 0 bridgehead atoms. The van der Waals surface area contributed by atoms with Crippen LogP contribution in [0.25, 0.3) is 0 Å². The summed E-state index contributed by atoms with van der Waals surface area (Å²) < 4.78 is 11.7. The molecule has 2 aromatic carbocycles. The molecule has 1 N–H and O–H groups in total. The fourth-order valence-corrected chi connectivity index (χ4v) is 3.94. The number of fused-ring (bicyclic) bond motifs is 1. The van der Waals surface area contributed by atoms with Gasteiger partial charge in [-0.2, -0.15) is 4.68 Å². The predicted octanol–water partition coefficient (Wildman–Crippen LogP) is 3.70. The minimum absolute atomic E-state index is 0.0741. The zero-order valence-electron chi connectivity index (χ0n) is 17.0. The second kappa shape index (κ2) is 8.97. The van der Waals surface area contributed by atoms with Gasteiger partial charge in [-0.15, -0.1) is 0 Å². The van der Waals surface area contributed by atoms with Gasteiger partial charge in [0.2, 0.25) is 5.95 Å². The number of tetrazole rings is 1. The molecule has 11 heteroatoms. The highest BCUT2D eigenvalue weighted by atomic mass is 35.5. The summed E-state index contributed by atoms with van der Waals surface area (Å²) >= 11 is 12.5. The molecule has 9 nitrogen and oxygen atoms in total. The zero-order chi connectivity index (χ0) is 22.8. The number of hydrogen-bond acceptors (Lipinski definition) is 8. The molecule has 164 valence electrons. The van der Waals surface area contributed by atoms with Crippen LogP contribution in [-0.4, -0.2) is 45.7 Å². The van der Waals surface area contributed by atoms with E-state index in [1.807, 2.05) is 6.92 Å². The van der Waals surface area contributed by atoms with E-state index in [2.05, 4.69) is 20.8 Å². The molecule has 0 saturated heterocycles. The first-order valence-electron chi connectivity index (χ1n) is 9.54. The van der Waals surface area contributed by atoms with E-state index in [0.717, 1.165) is 0 Å². The average Bonchev–Trinajstić information content (AvgIpc) is 3.26. The lowest BCUT2D eigenvalue weighted by Crippen LogP contribution is -2.33. The van der Waals surface area contributed by atoms with E-state index in [1.54, 1.807) is 42.5 Å². The van der Waals surface area contributed by atoms with Crippen LogP contribution in [0.15, 0.2) is 53.7 Å². The lowest BCUT2D eigenvalue weighted by atomic mass is 9.89. The van der Waals surface area contributed by atoms with Gasteiger partial charge in [0.15, 0.2) is 5.78 Å². The van der Waals surface area contributed by atoms with Gasteiger partial charge in [-0.25, -0.2) is 4.79 Å². The van der Waals surface area contributed by atoms with E-state index in [9.17, 15) is 9.59 Å². The highest BCUT2D eigenvalue weighted by molar-refractivity contribution is 6.35. The number of ether oxygens (including phenoxy) is 2. The van der Waals surface area contributed by atoms with Gasteiger partial charge in [0.1, 0.15) is 17.5 Å². The Kier molecular flexibility index (Phi) is 6.11. The van der Waals surface area contributed by atoms with Gasteiger partial charge in [0.05, 0.1) is 19.3 Å². The van der Waals surface area contributed by atoms with Crippen LogP contribution in [-0.2, 0) is 9.53 Å². The summed E-state index contributed by atoms with van der Waals surface area (Å²) in [5.41, 5.74) is 0.815. The fraction of sp³-hybridized carbons (Fsp3) is 0.190. The molecule has 0 amide bonds. The summed E-state index contributed by atoms with van der Waals surface area (Å²) in [6, 6.07) is 10.5. The number of ketones is 1. The quantitative estimate of drug-likeness (QED) is 0.426. The standard InChI is InChI=1S/C21H17Cl2N5O4/c1-3-32-13-7-4-11(5-8-13)19(29)16-17(20(30)31-2)24-21-25-26-27-28(21)18(16)14-9-6-12(22)10-15(14)23/h4-10,18H,3H2,1-2H3,(H,24,25,27)/t18-/m1/s1. The second-order valence-corrected chi connectivity index (χ2v) is 7.55. The largest absolute Gasteiger partial charge is 0.494 e. The Balaban J connectivity index is 1.91. The fourth-order valence-electron chi connectivity index (χ4n) is 3.42. The molecule has 1 aliphatic rings. The maximum atomic E-state index is 13.7. The molecule has 0 spiro atoms. The van der Waals surface area contributed by atoms with Crippen molar-refractivity contribution in [2.45, 2.75) is 13.0 Å². The summed E-state index contributed by atoms with van der Waals surface area (Å²) in [4.78, 5) is 26.3. The number of anilines is 1. The van der Waals surface area contributed by atoms with Crippen molar-refractivity contribution in [3.05, 3.63) is 74.9 Å². The van der Waals surface area contributed by atoms with Crippen LogP contribution in [0.1, 0.15) is 28.9 Å². The van der Waals surface area contributed by atoms with E-state index in [4.69, 9.17) is 32.7 Å². The molecule has 0 aliphatic carbocycles. The number of esters is 1. The average molecular weight is 474 g/mol. The molecule has 32 heavy (non-hydrogen) atoms. The summed E-state index contributed by atoms with van der Waals surface area (Å²) in [6.07, 6.45) is 0. The summed E-state index contributed by atoms with van der Waals surface area (Å²) in [6.45, 7) is 2.36. The van der Waals surface area contributed by atoms with Crippen LogP contribution in [0.5, 0.6) is 5.75 Å². The molecule has 0 fully saturated rings. The van der Waals surface area contributed by atoms with E-state index >= 15 is 0 Å². The Hall–Kier alpha value is -3.43. The number of halogens is 2. The van der Waals surface area contributed by atoms with E-state index in [1.165, 1.54) is 11.8 Å². The second-order valence-electron chi connectivity index (χ2n) is 6.71. The number of hydrogen-bond donors (Lipinski definition) is 1. The number of methoxy groups -OCH3 is 1. The Morgan fingerprint density at radius 2 is 1.91 bits per heavy atom. The number of rotatable bonds is 6. The van der Waals surface area contributed by atoms with Crippen molar-refractivity contribution in [3.8, 4) is 5.75 Å². The Morgan fingerprint density at radius 3 is 2.56 bits per heavy atom. The number of carbonyl (C=O) groups is 2. The van der Waals surface area contributed by atoms with Gasteiger partial charge in [0.25, 0.3) is 0 Å². The number of Topliss-reactive ketones (excluding diaryl/α,β-unsaturated/α-hetero) is 1. The third-order valence-corrected chi connectivity index (χ3v) is 5.40. The van der Waals surface area contributed by atoms with Crippen LogP contribution < -0.4 is 10.1 Å². The number of benzene rings is 2. The molecule has 4 rings (SSSR count). The molecule has 1 atom stereocenters. The van der Waals surface area contributed by atoms with Crippen molar-refractivity contribution in [3.63, 3.8) is 0 Å². The van der Waals surface area contributed by atoms with Crippen molar-refractivity contribution in [2.24, 2.45) is 0 Å². The van der Waals surface area contributed by atoms with Crippen molar-refractivity contribution in [2.75, 3.05) is 19.0 Å². The molecule has 1 aliphatic heterocycles. The number of carbonyl (C=O) groups excluding carboxylic acids is 2. The Bertz CT molecular complexity index is 1220. The van der Waals surface area contributed by atoms with E-state index in [0.29, 0.717) is 28.5 Å². The van der Waals surface area contributed by atoms with Gasteiger partial charge in [-0.1, -0.05) is 34.4 Å². The molecule has 0 unspecified atom stereocenters. The van der Waals surface area contributed by atoms with Crippen LogP contribution in [0, 0.1) is 0 Å². The van der Waals surface area contributed by atoms with Crippen molar-refractivity contribution in [1.29, 1.82) is 0 Å². The van der Waals surface area contributed by atoms with E-state index in [-0.39, 0.29) is 22.2 Å². The van der Waals surface area contributed by atoms with Gasteiger partial charge in [-0.3, -0.25) is 4.79 Å². The van der Waals surface area contributed by atoms with E-state index < -0.39 is 17.8 Å². The smallest absolute Gasteiger partial charge is 0.355 e. The topological polar surface area (TPSA) is 108 Å². The molecule has 0 saturated carbocycles. The normalized spacial score (nSPS) is 15.1. The lowest BCUT2D eigenvalue weighted by Gasteiger charge is -2.28. The summed E-state index contributed by atoms with van der Waals surface area (Å²) in [5.74, 6) is -0.403. The Morgan fingerprint density at radius 1 is 1.16 bits per heavy atom. The first-order chi connectivity index (χ1) is 15.4. The van der Waals surface area contributed by atoms with Gasteiger partial charge >= 0.3 is 5.97 Å². The van der Waals surface area contributed by atoms with Crippen LogP contribution in [0.4, 0.5) is 5.95 Å². The van der Waals surface area contributed by atoms with Gasteiger partial charge in [0, 0.05) is 21.2 Å². The highest BCUT2D eigenvalue weighted by Crippen LogP contribution is 2.40. The van der Waals surface area contributed by atoms with Gasteiger partial charge < -0.3 is 14.8 Å². The zero-order valence-corrected chi connectivity index (χ0v) is 18.5. The van der Waals surface area contributed by atoms with Crippen molar-refractivity contribution >= 4 is 40.9 Å². The molecular weight excluding hydrogens is 457 g/mol. The number of nitrogens with one attached hydrogen (secondary N) is 1. The van der Waals surface area contributed by atoms with Crippen LogP contribution >= 0.6 is 23.2 Å². The highest BCUT2D eigenvalue weighted by Gasteiger charge is 2.39. The SMILES string of the molecule is CCOc1ccc(C(=O)C2=C(C(=O)OC)Nc3nnnn3[C@@H]2c2ccc(Cl)cc2Cl)cc1. The first-order valence-corrected chi connectivity index (χ1v) is 10.3. The Labute approximate surface area is 192 Å². The number of allylic oxidation sites excluding steroid dienone is 1. The predicted molar refractivity (Wildman–Crippen MR) is 117 cm³/mol. The molecule has 1 aromatic heterocycles. The van der Waals surface area contributed by atoms with Crippen LogP contribution in [0.3, 0.4) is 0 Å². The van der Waals surface area contributed by atoms with Gasteiger partial charge in [-0.05, 0) is 53.7 Å². The minimum atomic E-state index is -0.904. The molecule has 2 heterocycles. The maximum absolute atomic E-state index is 13.7. The third kappa shape index (κ3) is 3.92. The summed E-state index contributed by atoms with van der Waals surface area (Å²) in [5, 5.41) is 15.1.